The zero-order chi connectivity index (χ0) is 16.4. The van der Waals surface area contributed by atoms with Crippen molar-refractivity contribution < 1.29 is 0 Å². The van der Waals surface area contributed by atoms with Crippen LogP contribution in [0.4, 0.5) is 5.82 Å². The van der Waals surface area contributed by atoms with Gasteiger partial charge in [-0.1, -0.05) is 13.8 Å². The molecule has 23 heavy (non-hydrogen) atoms. The largest absolute Gasteiger partial charge is 0.365 e. The van der Waals surface area contributed by atoms with Crippen LogP contribution < -0.4 is 5.32 Å². The molecule has 0 bridgehead atoms. The molecule has 0 aliphatic carbocycles. The fourth-order valence-corrected chi connectivity index (χ4v) is 3.69. The van der Waals surface area contributed by atoms with E-state index in [1.54, 1.807) is 24.0 Å². The van der Waals surface area contributed by atoms with Gasteiger partial charge in [-0.25, -0.2) is 15.0 Å². The molecule has 7 heteroatoms. The molecule has 1 atom stereocenters. The third-order valence-corrected chi connectivity index (χ3v) is 4.48. The van der Waals surface area contributed by atoms with Crippen molar-refractivity contribution in [3.8, 4) is 0 Å². The van der Waals surface area contributed by atoms with E-state index in [-0.39, 0.29) is 6.04 Å². The van der Waals surface area contributed by atoms with E-state index in [0.717, 1.165) is 29.4 Å². The van der Waals surface area contributed by atoms with Crippen molar-refractivity contribution in [3.63, 3.8) is 0 Å². The Bertz CT molecular complexity index is 777. The van der Waals surface area contributed by atoms with Gasteiger partial charge in [0.15, 0.2) is 0 Å². The first-order valence-electron chi connectivity index (χ1n) is 7.86. The topological polar surface area (TPSA) is 68.5 Å². The Morgan fingerprint density at radius 1 is 1.26 bits per heavy atom. The number of hydrogen-bond acceptors (Lipinski definition) is 6. The lowest BCUT2D eigenvalue weighted by atomic mass is 10.0. The molecule has 0 aliphatic rings. The van der Waals surface area contributed by atoms with Crippen LogP contribution in [0.1, 0.15) is 32.2 Å². The van der Waals surface area contributed by atoms with Crippen molar-refractivity contribution in [2.45, 2.75) is 46.7 Å². The summed E-state index contributed by atoms with van der Waals surface area (Å²) in [5.74, 6) is 2.33. The lowest BCUT2D eigenvalue weighted by molar-refractivity contribution is 0.558. The summed E-state index contributed by atoms with van der Waals surface area (Å²) in [5.41, 5.74) is 1.33. The summed E-state index contributed by atoms with van der Waals surface area (Å²) in [6.07, 6.45) is 4.33. The van der Waals surface area contributed by atoms with Gasteiger partial charge in [0.05, 0.1) is 11.9 Å². The van der Waals surface area contributed by atoms with E-state index in [2.05, 4.69) is 51.5 Å². The third-order valence-electron chi connectivity index (χ3n) is 3.56. The van der Waals surface area contributed by atoms with Gasteiger partial charge in [0.1, 0.15) is 29.1 Å². The molecule has 3 aromatic heterocycles. The first-order chi connectivity index (χ1) is 11.0. The van der Waals surface area contributed by atoms with E-state index in [4.69, 9.17) is 0 Å². The van der Waals surface area contributed by atoms with Crippen LogP contribution in [0, 0.1) is 12.8 Å². The third kappa shape index (κ3) is 3.67. The first kappa shape index (κ1) is 15.9. The summed E-state index contributed by atoms with van der Waals surface area (Å²) >= 11 is 1.70. The minimum absolute atomic E-state index is 0.195. The Balaban J connectivity index is 1.90. The number of rotatable bonds is 6. The standard InChI is InChI=1S/C16H22N6S/c1-10(2)5-13-7-23-16-14(13)15(20-12(4)21-16)19-11(3)6-22-9-17-8-18-22/h7-11H,5-6H2,1-4H3,(H,19,20,21). The van der Waals surface area contributed by atoms with Crippen molar-refractivity contribution in [3.05, 3.63) is 29.4 Å². The van der Waals surface area contributed by atoms with E-state index in [9.17, 15) is 0 Å². The fraction of sp³-hybridized carbons (Fsp3) is 0.500. The van der Waals surface area contributed by atoms with Gasteiger partial charge >= 0.3 is 0 Å². The van der Waals surface area contributed by atoms with E-state index in [1.165, 1.54) is 10.9 Å². The molecule has 0 radical (unpaired) electrons. The molecule has 3 heterocycles. The van der Waals surface area contributed by atoms with Crippen LogP contribution in [0.5, 0.6) is 0 Å². The van der Waals surface area contributed by atoms with Crippen molar-refractivity contribution in [1.82, 2.24) is 24.7 Å². The molecular weight excluding hydrogens is 308 g/mol. The van der Waals surface area contributed by atoms with Gasteiger partial charge in [0, 0.05) is 6.04 Å². The van der Waals surface area contributed by atoms with Crippen molar-refractivity contribution in [2.24, 2.45) is 5.92 Å². The van der Waals surface area contributed by atoms with Gasteiger partial charge in [0.25, 0.3) is 0 Å². The second-order valence-corrected chi connectivity index (χ2v) is 7.18. The molecule has 0 saturated carbocycles. The highest BCUT2D eigenvalue weighted by Crippen LogP contribution is 2.32. The highest BCUT2D eigenvalue weighted by molar-refractivity contribution is 7.17. The van der Waals surface area contributed by atoms with Gasteiger partial charge < -0.3 is 5.32 Å². The molecule has 0 aromatic carbocycles. The number of aryl methyl sites for hydroxylation is 1. The predicted molar refractivity (Wildman–Crippen MR) is 93.8 cm³/mol. The van der Waals surface area contributed by atoms with Crippen molar-refractivity contribution in [2.75, 3.05) is 5.32 Å². The summed E-state index contributed by atoms with van der Waals surface area (Å²) in [7, 11) is 0. The molecule has 1 unspecified atom stereocenters. The number of nitrogens with zero attached hydrogens (tertiary/aromatic N) is 5. The Kier molecular flexibility index (Phi) is 4.56. The molecule has 122 valence electrons. The number of nitrogens with one attached hydrogen (secondary N) is 1. The Labute approximate surface area is 140 Å². The Hall–Kier alpha value is -2.02. The van der Waals surface area contributed by atoms with Crippen LogP contribution in [0.25, 0.3) is 10.2 Å². The maximum absolute atomic E-state index is 4.65. The maximum Gasteiger partial charge on any atom is 0.139 e. The number of anilines is 1. The van der Waals surface area contributed by atoms with Crippen molar-refractivity contribution >= 4 is 27.4 Å². The number of thiophene rings is 1. The van der Waals surface area contributed by atoms with E-state index < -0.39 is 0 Å². The average Bonchev–Trinajstić information content (AvgIpc) is 3.08. The monoisotopic (exact) mass is 330 g/mol. The van der Waals surface area contributed by atoms with Crippen LogP contribution in [-0.4, -0.2) is 30.8 Å². The normalized spacial score (nSPS) is 12.9. The SMILES string of the molecule is Cc1nc(NC(C)Cn2cncn2)c2c(CC(C)C)csc2n1. The number of fused-ring (bicyclic) bond motifs is 1. The van der Waals surface area contributed by atoms with Crippen molar-refractivity contribution in [1.29, 1.82) is 0 Å². The van der Waals surface area contributed by atoms with Gasteiger partial charge in [-0.2, -0.15) is 5.10 Å². The molecule has 1 N–H and O–H groups in total. The van der Waals surface area contributed by atoms with Gasteiger partial charge in [-0.3, -0.25) is 4.68 Å². The highest BCUT2D eigenvalue weighted by Gasteiger charge is 2.15. The molecule has 0 aliphatic heterocycles. The molecule has 0 fully saturated rings. The lowest BCUT2D eigenvalue weighted by Gasteiger charge is -2.16. The number of aromatic nitrogens is 5. The Morgan fingerprint density at radius 2 is 2.09 bits per heavy atom. The van der Waals surface area contributed by atoms with Crippen LogP contribution in [0.2, 0.25) is 0 Å². The van der Waals surface area contributed by atoms with Crippen LogP contribution in [-0.2, 0) is 13.0 Å². The van der Waals surface area contributed by atoms with E-state index >= 15 is 0 Å². The highest BCUT2D eigenvalue weighted by atomic mass is 32.1. The average molecular weight is 330 g/mol. The quantitative estimate of drug-likeness (QED) is 0.751. The zero-order valence-electron chi connectivity index (χ0n) is 13.9. The smallest absolute Gasteiger partial charge is 0.139 e. The minimum atomic E-state index is 0.195. The maximum atomic E-state index is 4.65. The minimum Gasteiger partial charge on any atom is -0.365 e. The molecule has 0 saturated heterocycles. The lowest BCUT2D eigenvalue weighted by Crippen LogP contribution is -2.23. The summed E-state index contributed by atoms with van der Waals surface area (Å²) < 4.78 is 1.82. The molecule has 6 nitrogen and oxygen atoms in total. The van der Waals surface area contributed by atoms with Crippen LogP contribution in [0.15, 0.2) is 18.0 Å². The molecule has 3 rings (SSSR count). The van der Waals surface area contributed by atoms with Gasteiger partial charge in [-0.15, -0.1) is 11.3 Å². The fourth-order valence-electron chi connectivity index (χ4n) is 2.69. The summed E-state index contributed by atoms with van der Waals surface area (Å²) in [6.45, 7) is 9.28. The van der Waals surface area contributed by atoms with Gasteiger partial charge in [-0.05, 0) is 37.1 Å². The second-order valence-electron chi connectivity index (χ2n) is 6.32. The molecular formula is C16H22N6S. The molecule has 3 aromatic rings. The zero-order valence-corrected chi connectivity index (χ0v) is 14.8. The molecule has 0 spiro atoms. The summed E-state index contributed by atoms with van der Waals surface area (Å²) in [5, 5.41) is 11.1. The number of hydrogen-bond donors (Lipinski definition) is 1. The molecule has 0 amide bonds. The predicted octanol–water partition coefficient (Wildman–Crippen LogP) is 3.29. The van der Waals surface area contributed by atoms with Crippen LogP contribution in [0.3, 0.4) is 0 Å². The summed E-state index contributed by atoms with van der Waals surface area (Å²) in [6, 6.07) is 0.195. The second kappa shape index (κ2) is 6.62. The Morgan fingerprint density at radius 3 is 2.78 bits per heavy atom. The summed E-state index contributed by atoms with van der Waals surface area (Å²) in [4.78, 5) is 14.3. The van der Waals surface area contributed by atoms with E-state index in [1.807, 2.05) is 11.6 Å². The van der Waals surface area contributed by atoms with Gasteiger partial charge in [0.2, 0.25) is 0 Å². The first-order valence-corrected chi connectivity index (χ1v) is 8.74. The van der Waals surface area contributed by atoms with Crippen LogP contribution >= 0.6 is 11.3 Å². The van der Waals surface area contributed by atoms with E-state index in [0.29, 0.717) is 5.92 Å².